The van der Waals surface area contributed by atoms with E-state index in [1.807, 2.05) is 30.3 Å². The summed E-state index contributed by atoms with van der Waals surface area (Å²) >= 11 is 1.53. The van der Waals surface area contributed by atoms with Crippen LogP contribution in [0.15, 0.2) is 65.1 Å². The second-order valence-electron chi connectivity index (χ2n) is 5.84. The van der Waals surface area contributed by atoms with E-state index < -0.39 is 6.61 Å². The van der Waals surface area contributed by atoms with Crippen molar-refractivity contribution in [3.05, 3.63) is 72.0 Å². The van der Waals surface area contributed by atoms with Gasteiger partial charge in [-0.25, -0.2) is 4.98 Å². The molecule has 2 heterocycles. The average molecular weight is 400 g/mol. The van der Waals surface area contributed by atoms with E-state index in [4.69, 9.17) is 4.42 Å². The molecule has 0 saturated carbocycles. The zero-order valence-electron chi connectivity index (χ0n) is 14.4. The molecule has 5 nitrogen and oxygen atoms in total. The van der Waals surface area contributed by atoms with Crippen molar-refractivity contribution in [2.75, 3.05) is 0 Å². The molecule has 1 N–H and O–H groups in total. The zero-order valence-corrected chi connectivity index (χ0v) is 15.2. The van der Waals surface area contributed by atoms with E-state index in [9.17, 15) is 13.6 Å². The number of fused-ring (bicyclic) bond motifs is 1. The Bertz CT molecular complexity index is 1070. The van der Waals surface area contributed by atoms with Crippen molar-refractivity contribution in [2.45, 2.75) is 13.2 Å². The first kappa shape index (κ1) is 18.1. The fourth-order valence-electron chi connectivity index (χ4n) is 2.62. The quantitative estimate of drug-likeness (QED) is 0.490. The van der Waals surface area contributed by atoms with Gasteiger partial charge in [-0.05, 0) is 48.5 Å². The third-order valence-corrected chi connectivity index (χ3v) is 4.98. The van der Waals surface area contributed by atoms with Crippen molar-refractivity contribution < 1.29 is 22.7 Å². The second kappa shape index (κ2) is 7.77. The Kier molecular flexibility index (Phi) is 5.03. The Morgan fingerprint density at radius 3 is 2.64 bits per heavy atom. The molecule has 2 aromatic carbocycles. The van der Waals surface area contributed by atoms with E-state index >= 15 is 0 Å². The van der Waals surface area contributed by atoms with Crippen molar-refractivity contribution in [1.82, 2.24) is 10.3 Å². The Morgan fingerprint density at radius 2 is 1.89 bits per heavy atom. The minimum atomic E-state index is -2.90. The van der Waals surface area contributed by atoms with Crippen LogP contribution in [-0.2, 0) is 6.54 Å². The molecule has 4 aromatic rings. The number of aromatic nitrogens is 1. The molecular weight excluding hydrogens is 386 g/mol. The maximum Gasteiger partial charge on any atom is 0.387 e. The SMILES string of the molecule is O=C(NCc1ccc(-c2nc3ccccc3s2)o1)c1ccc(OC(F)F)cc1. The summed E-state index contributed by atoms with van der Waals surface area (Å²) in [6.07, 6.45) is 0. The Hall–Kier alpha value is -3.26. The lowest BCUT2D eigenvalue weighted by Gasteiger charge is -2.06. The molecule has 0 aliphatic carbocycles. The molecule has 1 amide bonds. The molecule has 0 unspecified atom stereocenters. The third-order valence-electron chi connectivity index (χ3n) is 3.93. The minimum Gasteiger partial charge on any atom is -0.457 e. The average Bonchev–Trinajstić information content (AvgIpc) is 3.33. The van der Waals surface area contributed by atoms with Crippen molar-refractivity contribution in [3.63, 3.8) is 0 Å². The zero-order chi connectivity index (χ0) is 19.5. The summed E-state index contributed by atoms with van der Waals surface area (Å²) < 4.78 is 35.4. The van der Waals surface area contributed by atoms with Gasteiger partial charge in [0.05, 0.1) is 16.8 Å². The summed E-state index contributed by atoms with van der Waals surface area (Å²) in [6, 6.07) is 16.9. The van der Waals surface area contributed by atoms with Crippen molar-refractivity contribution in [2.24, 2.45) is 0 Å². The van der Waals surface area contributed by atoms with Crippen molar-refractivity contribution in [3.8, 4) is 16.5 Å². The lowest BCUT2D eigenvalue weighted by atomic mass is 10.2. The molecular formula is C20H14F2N2O3S. The highest BCUT2D eigenvalue weighted by Crippen LogP contribution is 2.31. The van der Waals surface area contributed by atoms with E-state index in [-0.39, 0.29) is 18.2 Å². The fraction of sp³-hybridized carbons (Fsp3) is 0.100. The molecule has 142 valence electrons. The molecule has 0 saturated heterocycles. The van der Waals surface area contributed by atoms with E-state index in [1.165, 1.54) is 35.6 Å². The molecule has 28 heavy (non-hydrogen) atoms. The summed E-state index contributed by atoms with van der Waals surface area (Å²) in [5, 5.41) is 3.50. The highest BCUT2D eigenvalue weighted by Gasteiger charge is 2.12. The molecule has 0 bridgehead atoms. The van der Waals surface area contributed by atoms with Crippen LogP contribution >= 0.6 is 11.3 Å². The Morgan fingerprint density at radius 1 is 1.11 bits per heavy atom. The van der Waals surface area contributed by atoms with E-state index in [0.29, 0.717) is 17.1 Å². The fourth-order valence-corrected chi connectivity index (χ4v) is 3.55. The molecule has 0 atom stereocenters. The molecule has 0 aliphatic rings. The number of alkyl halides is 2. The second-order valence-corrected chi connectivity index (χ2v) is 6.87. The Balaban J connectivity index is 1.39. The molecule has 0 spiro atoms. The monoisotopic (exact) mass is 400 g/mol. The van der Waals surface area contributed by atoms with Gasteiger partial charge in [-0.3, -0.25) is 4.79 Å². The van der Waals surface area contributed by atoms with Gasteiger partial charge in [-0.1, -0.05) is 12.1 Å². The smallest absolute Gasteiger partial charge is 0.387 e. The van der Waals surface area contributed by atoms with Crippen LogP contribution in [0.25, 0.3) is 21.0 Å². The number of thiazole rings is 1. The number of carbonyl (C=O) groups excluding carboxylic acids is 1. The largest absolute Gasteiger partial charge is 0.457 e. The summed E-state index contributed by atoms with van der Waals surface area (Å²) in [5.74, 6) is 0.874. The minimum absolute atomic E-state index is 0.00180. The maximum absolute atomic E-state index is 12.2. The highest BCUT2D eigenvalue weighted by atomic mass is 32.1. The van der Waals surface area contributed by atoms with E-state index in [1.54, 1.807) is 6.07 Å². The van der Waals surface area contributed by atoms with E-state index in [2.05, 4.69) is 15.0 Å². The van der Waals surface area contributed by atoms with Gasteiger partial charge < -0.3 is 14.5 Å². The summed E-state index contributed by atoms with van der Waals surface area (Å²) in [6.45, 7) is -2.71. The van der Waals surface area contributed by atoms with Gasteiger partial charge in [0.25, 0.3) is 5.91 Å². The molecule has 8 heteroatoms. The van der Waals surface area contributed by atoms with Crippen molar-refractivity contribution >= 4 is 27.5 Å². The van der Waals surface area contributed by atoms with Crippen LogP contribution in [0.3, 0.4) is 0 Å². The van der Waals surface area contributed by atoms with Gasteiger partial charge in [-0.15, -0.1) is 11.3 Å². The van der Waals surface area contributed by atoms with Crippen LogP contribution in [0.4, 0.5) is 8.78 Å². The van der Waals surface area contributed by atoms with Gasteiger partial charge in [0.2, 0.25) is 0 Å². The number of hydrogen-bond acceptors (Lipinski definition) is 5. The predicted octanol–water partition coefficient (Wildman–Crippen LogP) is 5.09. The molecule has 0 radical (unpaired) electrons. The number of nitrogens with one attached hydrogen (secondary N) is 1. The number of carbonyl (C=O) groups is 1. The summed E-state index contributed by atoms with van der Waals surface area (Å²) in [5.41, 5.74) is 1.24. The first-order valence-corrected chi connectivity index (χ1v) is 9.18. The van der Waals surface area contributed by atoms with Crippen LogP contribution in [-0.4, -0.2) is 17.5 Å². The van der Waals surface area contributed by atoms with Crippen LogP contribution < -0.4 is 10.1 Å². The first-order chi connectivity index (χ1) is 13.6. The van der Waals surface area contributed by atoms with Gasteiger partial charge in [0.1, 0.15) is 11.5 Å². The lowest BCUT2D eigenvalue weighted by Crippen LogP contribution is -2.22. The van der Waals surface area contributed by atoms with Gasteiger partial charge in [0, 0.05) is 5.56 Å². The summed E-state index contributed by atoms with van der Waals surface area (Å²) in [7, 11) is 0. The number of halogens is 2. The van der Waals surface area contributed by atoms with Crippen LogP contribution in [0.2, 0.25) is 0 Å². The first-order valence-electron chi connectivity index (χ1n) is 8.36. The number of benzene rings is 2. The van der Waals surface area contributed by atoms with Gasteiger partial charge >= 0.3 is 6.61 Å². The highest BCUT2D eigenvalue weighted by molar-refractivity contribution is 7.21. The van der Waals surface area contributed by atoms with E-state index in [0.717, 1.165) is 15.2 Å². The number of hydrogen-bond donors (Lipinski definition) is 1. The molecule has 2 aromatic heterocycles. The third kappa shape index (κ3) is 4.01. The topological polar surface area (TPSA) is 64.4 Å². The number of rotatable bonds is 6. The van der Waals surface area contributed by atoms with Crippen LogP contribution in [0.1, 0.15) is 16.1 Å². The number of amides is 1. The lowest BCUT2D eigenvalue weighted by molar-refractivity contribution is -0.0498. The van der Waals surface area contributed by atoms with Crippen LogP contribution in [0, 0.1) is 0 Å². The maximum atomic E-state index is 12.2. The van der Waals surface area contributed by atoms with Gasteiger partial charge in [-0.2, -0.15) is 8.78 Å². The van der Waals surface area contributed by atoms with Crippen molar-refractivity contribution in [1.29, 1.82) is 0 Å². The number of furan rings is 1. The number of para-hydroxylation sites is 1. The van der Waals surface area contributed by atoms with Crippen LogP contribution in [0.5, 0.6) is 5.75 Å². The molecule has 0 fully saturated rings. The molecule has 4 rings (SSSR count). The number of ether oxygens (including phenoxy) is 1. The standard InChI is InChI=1S/C20H14F2N2O3S/c21-20(22)27-13-7-5-12(6-8-13)18(25)23-11-14-9-10-16(26-14)19-24-15-3-1-2-4-17(15)28-19/h1-10,20H,11H2,(H,23,25). The summed E-state index contributed by atoms with van der Waals surface area (Å²) in [4.78, 5) is 16.7. The normalized spacial score (nSPS) is 11.1. The number of nitrogens with zero attached hydrogens (tertiary/aromatic N) is 1. The Labute approximate surface area is 162 Å². The molecule has 0 aliphatic heterocycles. The predicted molar refractivity (Wildman–Crippen MR) is 102 cm³/mol. The van der Waals surface area contributed by atoms with Gasteiger partial charge in [0.15, 0.2) is 10.8 Å².